The Morgan fingerprint density at radius 1 is 1.33 bits per heavy atom. The Hall–Kier alpha value is -1.36. The number of hydrogen-bond acceptors (Lipinski definition) is 4. The van der Waals surface area contributed by atoms with E-state index in [9.17, 15) is 13.2 Å². The highest BCUT2D eigenvalue weighted by atomic mass is 32.2. The van der Waals surface area contributed by atoms with Gasteiger partial charge in [-0.3, -0.25) is 4.79 Å². The van der Waals surface area contributed by atoms with Gasteiger partial charge in [-0.05, 0) is 25.0 Å². The van der Waals surface area contributed by atoms with Crippen LogP contribution in [0.2, 0.25) is 0 Å². The van der Waals surface area contributed by atoms with Gasteiger partial charge in [0.25, 0.3) is 0 Å². The first-order valence-electron chi connectivity index (χ1n) is 5.79. The van der Waals surface area contributed by atoms with E-state index >= 15 is 0 Å². The highest BCUT2D eigenvalue weighted by Gasteiger charge is 2.19. The molecule has 0 aliphatic rings. The summed E-state index contributed by atoms with van der Waals surface area (Å²) in [5.41, 5.74) is 1.43. The summed E-state index contributed by atoms with van der Waals surface area (Å²) in [5, 5.41) is 0. The molecule has 0 fully saturated rings. The lowest BCUT2D eigenvalue weighted by atomic mass is 10.1. The van der Waals surface area contributed by atoms with Gasteiger partial charge in [0.05, 0.1) is 24.2 Å². The number of carbonyl (C=O) groups is 1. The summed E-state index contributed by atoms with van der Waals surface area (Å²) in [5.74, 6) is -0.349. The molecule has 0 saturated heterocycles. The van der Waals surface area contributed by atoms with Crippen molar-refractivity contribution in [3.63, 3.8) is 0 Å². The second-order valence-corrected chi connectivity index (χ2v) is 6.26. The van der Waals surface area contributed by atoms with Gasteiger partial charge in [0, 0.05) is 0 Å². The first-order valence-corrected chi connectivity index (χ1v) is 7.45. The van der Waals surface area contributed by atoms with Crippen LogP contribution < -0.4 is 0 Å². The Bertz CT molecular complexity index is 532. The predicted octanol–water partition coefficient (Wildman–Crippen LogP) is 1.89. The van der Waals surface area contributed by atoms with E-state index in [1.54, 1.807) is 18.2 Å². The van der Waals surface area contributed by atoms with Crippen molar-refractivity contribution in [2.45, 2.75) is 31.6 Å². The lowest BCUT2D eigenvalue weighted by Crippen LogP contribution is -2.13. The van der Waals surface area contributed by atoms with Crippen LogP contribution in [-0.2, 0) is 25.8 Å². The number of benzene rings is 1. The molecule has 4 nitrogen and oxygen atoms in total. The molecule has 0 aromatic heterocycles. The summed E-state index contributed by atoms with van der Waals surface area (Å²) < 4.78 is 28.8. The van der Waals surface area contributed by atoms with E-state index in [1.807, 2.05) is 13.8 Å². The monoisotopic (exact) mass is 270 g/mol. The zero-order valence-corrected chi connectivity index (χ0v) is 11.7. The molecule has 1 aromatic carbocycles. The third kappa shape index (κ3) is 3.57. The smallest absolute Gasteiger partial charge is 0.310 e. The standard InChI is InChI=1S/C13H18O4S/c1-4-7-18(15,16)12-6-5-10(2)8-11(12)9-13(14)17-3/h5-6,8H,4,7,9H2,1-3H3. The van der Waals surface area contributed by atoms with Crippen molar-refractivity contribution in [1.82, 2.24) is 0 Å². The van der Waals surface area contributed by atoms with E-state index in [0.29, 0.717) is 12.0 Å². The van der Waals surface area contributed by atoms with Gasteiger partial charge in [-0.2, -0.15) is 0 Å². The minimum absolute atomic E-state index is 0.0174. The van der Waals surface area contributed by atoms with Crippen LogP contribution in [0.1, 0.15) is 24.5 Å². The van der Waals surface area contributed by atoms with Crippen LogP contribution >= 0.6 is 0 Å². The zero-order chi connectivity index (χ0) is 13.8. The van der Waals surface area contributed by atoms with Gasteiger partial charge >= 0.3 is 5.97 Å². The fourth-order valence-corrected chi connectivity index (χ4v) is 3.32. The molecule has 5 heteroatoms. The van der Waals surface area contributed by atoms with E-state index in [1.165, 1.54) is 7.11 Å². The highest BCUT2D eigenvalue weighted by molar-refractivity contribution is 7.91. The summed E-state index contributed by atoms with van der Waals surface area (Å²) in [4.78, 5) is 11.5. The summed E-state index contributed by atoms with van der Waals surface area (Å²) in [6, 6.07) is 5.03. The molecule has 100 valence electrons. The average molecular weight is 270 g/mol. The number of methoxy groups -OCH3 is 1. The van der Waals surface area contributed by atoms with E-state index in [4.69, 9.17) is 0 Å². The molecule has 0 aliphatic carbocycles. The second-order valence-electron chi connectivity index (χ2n) is 4.18. The molecule has 0 bridgehead atoms. The maximum Gasteiger partial charge on any atom is 0.310 e. The molecular formula is C13H18O4S. The summed E-state index contributed by atoms with van der Waals surface area (Å²) in [7, 11) is -2.03. The fourth-order valence-electron chi connectivity index (χ4n) is 1.76. The van der Waals surface area contributed by atoms with Crippen LogP contribution in [-0.4, -0.2) is 27.2 Å². The van der Waals surface area contributed by atoms with Crippen molar-refractivity contribution in [2.75, 3.05) is 12.9 Å². The number of carbonyl (C=O) groups excluding carboxylic acids is 1. The topological polar surface area (TPSA) is 60.4 Å². The Kier molecular flexibility index (Phi) is 4.90. The number of rotatable bonds is 5. The number of sulfone groups is 1. The summed E-state index contributed by atoms with van der Waals surface area (Å²) in [6.45, 7) is 3.67. The van der Waals surface area contributed by atoms with Gasteiger partial charge in [0.2, 0.25) is 0 Å². The summed E-state index contributed by atoms with van der Waals surface area (Å²) in [6.07, 6.45) is 0.532. The van der Waals surface area contributed by atoms with Crippen LogP contribution in [0.3, 0.4) is 0 Å². The SMILES string of the molecule is CCCS(=O)(=O)c1ccc(C)cc1CC(=O)OC. The highest BCUT2D eigenvalue weighted by Crippen LogP contribution is 2.20. The van der Waals surface area contributed by atoms with Crippen molar-refractivity contribution in [3.05, 3.63) is 29.3 Å². The third-order valence-corrected chi connectivity index (χ3v) is 4.60. The second kappa shape index (κ2) is 6.00. The number of ether oxygens (including phenoxy) is 1. The Morgan fingerprint density at radius 2 is 2.00 bits per heavy atom. The van der Waals surface area contributed by atoms with Crippen LogP contribution in [0.5, 0.6) is 0 Å². The molecule has 0 radical (unpaired) electrons. The Balaban J connectivity index is 3.23. The number of aryl methyl sites for hydroxylation is 1. The molecule has 0 N–H and O–H groups in total. The maximum atomic E-state index is 12.1. The Morgan fingerprint density at radius 3 is 2.56 bits per heavy atom. The first kappa shape index (κ1) is 14.7. The number of hydrogen-bond donors (Lipinski definition) is 0. The Labute approximate surface area is 108 Å². The van der Waals surface area contributed by atoms with Crippen LogP contribution in [0.4, 0.5) is 0 Å². The molecule has 0 heterocycles. The van der Waals surface area contributed by atoms with E-state index in [-0.39, 0.29) is 17.1 Å². The largest absolute Gasteiger partial charge is 0.469 e. The molecule has 0 spiro atoms. The quantitative estimate of drug-likeness (QED) is 0.767. The molecule has 1 rings (SSSR count). The van der Waals surface area contributed by atoms with Crippen LogP contribution in [0.25, 0.3) is 0 Å². The molecule has 0 aliphatic heterocycles. The number of esters is 1. The van der Waals surface area contributed by atoms with E-state index in [2.05, 4.69) is 4.74 Å². The van der Waals surface area contributed by atoms with Crippen LogP contribution in [0.15, 0.2) is 23.1 Å². The lowest BCUT2D eigenvalue weighted by Gasteiger charge is -2.10. The van der Waals surface area contributed by atoms with Gasteiger partial charge in [-0.1, -0.05) is 24.6 Å². The molecular weight excluding hydrogens is 252 g/mol. The predicted molar refractivity (Wildman–Crippen MR) is 69.2 cm³/mol. The fraction of sp³-hybridized carbons (Fsp3) is 0.462. The van der Waals surface area contributed by atoms with E-state index in [0.717, 1.165) is 5.56 Å². The minimum Gasteiger partial charge on any atom is -0.469 e. The van der Waals surface area contributed by atoms with Crippen molar-refractivity contribution < 1.29 is 17.9 Å². The maximum absolute atomic E-state index is 12.1. The molecule has 0 atom stereocenters. The zero-order valence-electron chi connectivity index (χ0n) is 10.9. The van der Waals surface area contributed by atoms with Crippen molar-refractivity contribution >= 4 is 15.8 Å². The third-order valence-electron chi connectivity index (χ3n) is 2.59. The normalized spacial score (nSPS) is 11.3. The van der Waals surface area contributed by atoms with Gasteiger partial charge in [0.15, 0.2) is 9.84 Å². The van der Waals surface area contributed by atoms with Crippen molar-refractivity contribution in [2.24, 2.45) is 0 Å². The molecule has 0 unspecified atom stereocenters. The van der Waals surface area contributed by atoms with Gasteiger partial charge < -0.3 is 4.74 Å². The first-order chi connectivity index (χ1) is 8.40. The molecule has 18 heavy (non-hydrogen) atoms. The van der Waals surface area contributed by atoms with Crippen molar-refractivity contribution in [1.29, 1.82) is 0 Å². The van der Waals surface area contributed by atoms with Gasteiger partial charge in [-0.15, -0.1) is 0 Å². The molecule has 1 aromatic rings. The lowest BCUT2D eigenvalue weighted by molar-refractivity contribution is -0.139. The molecule has 0 saturated carbocycles. The van der Waals surface area contributed by atoms with Crippen molar-refractivity contribution in [3.8, 4) is 0 Å². The van der Waals surface area contributed by atoms with Gasteiger partial charge in [-0.25, -0.2) is 8.42 Å². The van der Waals surface area contributed by atoms with Crippen LogP contribution in [0, 0.1) is 6.92 Å². The average Bonchev–Trinajstić information content (AvgIpc) is 2.28. The molecule has 0 amide bonds. The van der Waals surface area contributed by atoms with E-state index < -0.39 is 15.8 Å². The minimum atomic E-state index is -3.32. The summed E-state index contributed by atoms with van der Waals surface area (Å²) >= 11 is 0. The van der Waals surface area contributed by atoms with Gasteiger partial charge in [0.1, 0.15) is 0 Å².